The van der Waals surface area contributed by atoms with Crippen molar-refractivity contribution >= 4 is 52.4 Å². The molecule has 4 aromatic rings. The first-order valence-electron chi connectivity index (χ1n) is 13.5. The summed E-state index contributed by atoms with van der Waals surface area (Å²) in [4.78, 5) is 4.69. The summed E-state index contributed by atoms with van der Waals surface area (Å²) in [5, 5.41) is 5.33. The summed E-state index contributed by atoms with van der Waals surface area (Å²) in [6.07, 6.45) is 7.54. The Labute approximate surface area is 255 Å². The van der Waals surface area contributed by atoms with E-state index >= 15 is 0 Å². The van der Waals surface area contributed by atoms with Gasteiger partial charge in [0, 0.05) is 33.4 Å². The van der Waals surface area contributed by atoms with Gasteiger partial charge in [-0.25, -0.2) is 0 Å². The molecule has 0 amide bonds. The molecule has 7 heteroatoms. The lowest BCUT2D eigenvalue weighted by Gasteiger charge is -2.37. The zero-order valence-corrected chi connectivity index (χ0v) is 25.0. The van der Waals surface area contributed by atoms with E-state index in [1.807, 2.05) is 12.1 Å². The highest BCUT2D eigenvalue weighted by molar-refractivity contribution is 6.35. The highest BCUT2D eigenvalue weighted by Crippen LogP contribution is 2.50. The van der Waals surface area contributed by atoms with Crippen LogP contribution in [0.5, 0.6) is 11.5 Å². The molecule has 3 atom stereocenters. The minimum Gasteiger partial charge on any atom is -0.493 e. The van der Waals surface area contributed by atoms with Gasteiger partial charge in [0.25, 0.3) is 0 Å². The van der Waals surface area contributed by atoms with E-state index in [0.29, 0.717) is 38.4 Å². The Balaban J connectivity index is 1.17. The predicted molar refractivity (Wildman–Crippen MR) is 170 cm³/mol. The summed E-state index contributed by atoms with van der Waals surface area (Å²) in [7, 11) is 1.58. The van der Waals surface area contributed by atoms with Crippen LogP contribution in [0.1, 0.15) is 46.2 Å². The molecule has 1 aliphatic carbocycles. The van der Waals surface area contributed by atoms with Gasteiger partial charge in [-0.2, -0.15) is 0 Å². The zero-order valence-electron chi connectivity index (χ0n) is 22.7. The monoisotopic (exact) mass is 602 g/mol. The molecule has 4 aromatic carbocycles. The summed E-state index contributed by atoms with van der Waals surface area (Å²) in [6.45, 7) is 2.38. The standard InChI is InChI=1S/C34H29Cl3N2O2/c1-20-6-13-31-28(14-20)26-4-3-5-27(26)33(39-31)22-8-11-25(12-9-22)38-18-21-15-30(37)34(32(16-21)40-2)41-19-23-7-10-24(35)17-29(23)36/h3-4,6-18,26-27,33,39H,5,19H2,1-2H3/t26-,27-,33+/m1/s1. The van der Waals surface area contributed by atoms with Crippen LogP contribution in [-0.2, 0) is 6.61 Å². The van der Waals surface area contributed by atoms with Crippen LogP contribution in [0.4, 0.5) is 11.4 Å². The van der Waals surface area contributed by atoms with Gasteiger partial charge >= 0.3 is 0 Å². The maximum Gasteiger partial charge on any atom is 0.180 e. The summed E-state index contributed by atoms with van der Waals surface area (Å²) >= 11 is 18.9. The number of anilines is 1. The number of nitrogens with zero attached hydrogens (tertiary/aromatic N) is 1. The molecular formula is C34H29Cl3N2O2. The number of halogens is 3. The van der Waals surface area contributed by atoms with Crippen LogP contribution in [0.2, 0.25) is 15.1 Å². The predicted octanol–water partition coefficient (Wildman–Crippen LogP) is 10.1. The van der Waals surface area contributed by atoms with Crippen molar-refractivity contribution in [3.63, 3.8) is 0 Å². The van der Waals surface area contributed by atoms with Gasteiger partial charge in [0.2, 0.25) is 0 Å². The minimum absolute atomic E-state index is 0.227. The molecule has 1 heterocycles. The summed E-state index contributed by atoms with van der Waals surface area (Å²) in [6, 6.07) is 24.3. The van der Waals surface area contributed by atoms with Crippen molar-refractivity contribution in [1.82, 2.24) is 0 Å². The van der Waals surface area contributed by atoms with Gasteiger partial charge < -0.3 is 14.8 Å². The number of aliphatic imine (C=N–C) groups is 1. The first kappa shape index (κ1) is 27.7. The number of fused-ring (bicyclic) bond motifs is 3. The Morgan fingerprint density at radius 3 is 2.56 bits per heavy atom. The molecular weight excluding hydrogens is 575 g/mol. The first-order chi connectivity index (χ1) is 19.9. The van der Waals surface area contributed by atoms with Crippen LogP contribution in [0.3, 0.4) is 0 Å². The van der Waals surface area contributed by atoms with Crippen LogP contribution >= 0.6 is 34.8 Å². The quantitative estimate of drug-likeness (QED) is 0.169. The third-order valence-corrected chi connectivity index (χ3v) is 8.64. The van der Waals surface area contributed by atoms with Crippen molar-refractivity contribution in [3.8, 4) is 11.5 Å². The van der Waals surface area contributed by atoms with Crippen molar-refractivity contribution in [3.05, 3.63) is 128 Å². The third-order valence-electron chi connectivity index (χ3n) is 7.77. The van der Waals surface area contributed by atoms with Gasteiger partial charge in [-0.15, -0.1) is 0 Å². The molecule has 0 radical (unpaired) electrons. The van der Waals surface area contributed by atoms with E-state index in [1.165, 1.54) is 22.4 Å². The fourth-order valence-electron chi connectivity index (χ4n) is 5.70. The lowest BCUT2D eigenvalue weighted by Crippen LogP contribution is -2.29. The van der Waals surface area contributed by atoms with E-state index in [1.54, 1.807) is 31.5 Å². The zero-order chi connectivity index (χ0) is 28.5. The third kappa shape index (κ3) is 5.83. The molecule has 0 spiro atoms. The normalized spacial score (nSPS) is 19.1. The number of aryl methyl sites for hydroxylation is 1. The number of rotatable bonds is 7. The minimum atomic E-state index is 0.227. The van der Waals surface area contributed by atoms with Crippen molar-refractivity contribution in [2.45, 2.75) is 31.9 Å². The Kier molecular flexibility index (Phi) is 7.99. The van der Waals surface area contributed by atoms with E-state index < -0.39 is 0 Å². The van der Waals surface area contributed by atoms with Crippen LogP contribution in [-0.4, -0.2) is 13.3 Å². The molecule has 6 rings (SSSR count). The SMILES string of the molecule is COc1cc(C=Nc2ccc([C@@H]3Nc4ccc(C)cc4[C@@H]4C=CC[C@H]43)cc2)cc(Cl)c1OCc1ccc(Cl)cc1Cl. The molecule has 1 N–H and O–H groups in total. The average Bonchev–Trinajstić information content (AvgIpc) is 3.47. The van der Waals surface area contributed by atoms with Gasteiger partial charge in [0.1, 0.15) is 6.61 Å². The van der Waals surface area contributed by atoms with Crippen LogP contribution in [0, 0.1) is 12.8 Å². The van der Waals surface area contributed by atoms with E-state index in [4.69, 9.17) is 49.3 Å². The molecule has 0 bridgehead atoms. The first-order valence-corrected chi connectivity index (χ1v) is 14.6. The highest BCUT2D eigenvalue weighted by Gasteiger charge is 2.37. The molecule has 4 nitrogen and oxygen atoms in total. The smallest absolute Gasteiger partial charge is 0.180 e. The second kappa shape index (κ2) is 11.8. The van der Waals surface area contributed by atoms with E-state index in [-0.39, 0.29) is 12.6 Å². The largest absolute Gasteiger partial charge is 0.493 e. The number of hydrogen-bond acceptors (Lipinski definition) is 4. The highest BCUT2D eigenvalue weighted by atomic mass is 35.5. The number of methoxy groups -OCH3 is 1. The molecule has 41 heavy (non-hydrogen) atoms. The molecule has 0 fully saturated rings. The number of benzene rings is 4. The lowest BCUT2D eigenvalue weighted by molar-refractivity contribution is 0.285. The Hall–Kier alpha value is -3.44. The van der Waals surface area contributed by atoms with E-state index in [0.717, 1.165) is 23.2 Å². The van der Waals surface area contributed by atoms with E-state index in [9.17, 15) is 0 Å². The van der Waals surface area contributed by atoms with Crippen molar-refractivity contribution in [2.24, 2.45) is 10.9 Å². The van der Waals surface area contributed by atoms with Gasteiger partial charge in [-0.1, -0.05) is 82.9 Å². The number of allylic oxidation sites excluding steroid dienone is 2. The van der Waals surface area contributed by atoms with Gasteiger partial charge in [-0.3, -0.25) is 4.99 Å². The molecule has 1 aliphatic heterocycles. The second-order valence-electron chi connectivity index (χ2n) is 10.5. The van der Waals surface area contributed by atoms with Crippen LogP contribution < -0.4 is 14.8 Å². The maximum atomic E-state index is 6.59. The number of nitrogens with one attached hydrogen (secondary N) is 1. The molecule has 0 saturated carbocycles. The molecule has 208 valence electrons. The molecule has 2 aliphatic rings. The average molecular weight is 604 g/mol. The summed E-state index contributed by atoms with van der Waals surface area (Å²) in [5.41, 5.74) is 7.65. The van der Waals surface area contributed by atoms with E-state index in [2.05, 4.69) is 66.9 Å². The topological polar surface area (TPSA) is 42.8 Å². The van der Waals surface area contributed by atoms with Crippen molar-refractivity contribution in [1.29, 1.82) is 0 Å². The molecule has 0 unspecified atom stereocenters. The van der Waals surface area contributed by atoms with Gasteiger partial charge in [0.05, 0.1) is 23.9 Å². The Morgan fingerprint density at radius 1 is 0.951 bits per heavy atom. The second-order valence-corrected chi connectivity index (χ2v) is 11.7. The summed E-state index contributed by atoms with van der Waals surface area (Å²) in [5.74, 6) is 1.91. The van der Waals surface area contributed by atoms with Crippen molar-refractivity contribution in [2.75, 3.05) is 12.4 Å². The lowest BCUT2D eigenvalue weighted by atomic mass is 9.76. The van der Waals surface area contributed by atoms with Gasteiger partial charge in [0.15, 0.2) is 11.5 Å². The van der Waals surface area contributed by atoms with Gasteiger partial charge in [-0.05, 0) is 78.4 Å². The fourth-order valence-corrected chi connectivity index (χ4v) is 6.44. The number of hydrogen-bond donors (Lipinski definition) is 1. The maximum absolute atomic E-state index is 6.59. The fraction of sp³-hybridized carbons (Fsp3) is 0.206. The molecule has 0 aromatic heterocycles. The van der Waals surface area contributed by atoms with Crippen LogP contribution in [0.25, 0.3) is 0 Å². The Morgan fingerprint density at radius 2 is 1.78 bits per heavy atom. The van der Waals surface area contributed by atoms with Crippen LogP contribution in [0.15, 0.2) is 89.9 Å². The molecule has 0 saturated heterocycles. The number of ether oxygens (including phenoxy) is 2. The van der Waals surface area contributed by atoms with Crippen molar-refractivity contribution < 1.29 is 9.47 Å². The Bertz CT molecular complexity index is 1650. The summed E-state index contributed by atoms with van der Waals surface area (Å²) < 4.78 is 11.5.